The number of fused-ring (bicyclic) bond motifs is 2. The minimum absolute atomic E-state index is 0.179. The lowest BCUT2D eigenvalue weighted by molar-refractivity contribution is -0.138. The van der Waals surface area contributed by atoms with Gasteiger partial charge in [0.05, 0.1) is 25.3 Å². The monoisotopic (exact) mass is 341 g/mol. The van der Waals surface area contributed by atoms with Crippen LogP contribution in [0.1, 0.15) is 25.3 Å². The Bertz CT molecular complexity index is 708. The molecule has 3 rings (SSSR count). The van der Waals surface area contributed by atoms with Crippen LogP contribution in [-0.4, -0.2) is 42.6 Å². The molecule has 0 aliphatic carbocycles. The van der Waals surface area contributed by atoms with Crippen LogP contribution in [0, 0.1) is 0 Å². The zero-order valence-electron chi connectivity index (χ0n) is 14.6. The highest BCUT2D eigenvalue weighted by atomic mass is 16.5. The van der Waals surface area contributed by atoms with Crippen molar-refractivity contribution in [3.63, 3.8) is 0 Å². The van der Waals surface area contributed by atoms with Gasteiger partial charge >= 0.3 is 11.9 Å². The van der Waals surface area contributed by atoms with Crippen LogP contribution in [0.5, 0.6) is 0 Å². The van der Waals surface area contributed by atoms with E-state index in [9.17, 15) is 9.59 Å². The third-order valence-electron chi connectivity index (χ3n) is 4.72. The van der Waals surface area contributed by atoms with Gasteiger partial charge in [0.15, 0.2) is 0 Å². The molecular formula is C20H23NO4. The molecule has 25 heavy (non-hydrogen) atoms. The molecule has 2 atom stereocenters. The van der Waals surface area contributed by atoms with Gasteiger partial charge in [-0.3, -0.25) is 4.90 Å². The third-order valence-corrected chi connectivity index (χ3v) is 4.72. The second-order valence-electron chi connectivity index (χ2n) is 6.25. The summed E-state index contributed by atoms with van der Waals surface area (Å²) in [4.78, 5) is 26.5. The van der Waals surface area contributed by atoms with Crippen molar-refractivity contribution in [3.05, 3.63) is 59.2 Å². The van der Waals surface area contributed by atoms with E-state index in [1.807, 2.05) is 24.3 Å². The molecule has 0 radical (unpaired) electrons. The molecule has 2 heterocycles. The summed E-state index contributed by atoms with van der Waals surface area (Å²) in [5.74, 6) is -0.686. The second kappa shape index (κ2) is 7.66. The Morgan fingerprint density at radius 1 is 1.28 bits per heavy atom. The molecule has 1 aromatic carbocycles. The van der Waals surface area contributed by atoms with E-state index in [1.54, 1.807) is 13.0 Å². The van der Waals surface area contributed by atoms with Gasteiger partial charge in [-0.1, -0.05) is 36.4 Å². The van der Waals surface area contributed by atoms with Crippen molar-refractivity contribution < 1.29 is 19.1 Å². The molecule has 0 N–H and O–H groups in total. The number of carbonyl (C=O) groups excluding carboxylic acids is 2. The summed E-state index contributed by atoms with van der Waals surface area (Å²) in [6.45, 7) is 2.83. The van der Waals surface area contributed by atoms with E-state index in [0.29, 0.717) is 18.7 Å². The zero-order valence-corrected chi connectivity index (χ0v) is 14.6. The summed E-state index contributed by atoms with van der Waals surface area (Å²) >= 11 is 0. The maximum absolute atomic E-state index is 12.3. The smallest absolute Gasteiger partial charge is 0.335 e. The maximum atomic E-state index is 12.3. The SMILES string of the molecule is CCOC(=O)/C=C1/CC[C@H]2C=C(C(=O)OC)[C@@H]1N2Cc1ccccc1. The Balaban J connectivity index is 1.91. The molecule has 0 amide bonds. The van der Waals surface area contributed by atoms with E-state index in [4.69, 9.17) is 9.47 Å². The first-order chi connectivity index (χ1) is 12.1. The van der Waals surface area contributed by atoms with E-state index >= 15 is 0 Å². The van der Waals surface area contributed by atoms with Crippen molar-refractivity contribution in [2.45, 2.75) is 38.4 Å². The van der Waals surface area contributed by atoms with E-state index in [-0.39, 0.29) is 24.0 Å². The van der Waals surface area contributed by atoms with Crippen molar-refractivity contribution in [1.29, 1.82) is 0 Å². The van der Waals surface area contributed by atoms with Crippen LogP contribution >= 0.6 is 0 Å². The normalized spacial score (nSPS) is 24.1. The number of methoxy groups -OCH3 is 1. The zero-order chi connectivity index (χ0) is 17.8. The lowest BCUT2D eigenvalue weighted by Crippen LogP contribution is -2.43. The summed E-state index contributed by atoms with van der Waals surface area (Å²) in [5.41, 5.74) is 2.71. The molecule has 5 heteroatoms. The fraction of sp³-hybridized carbons (Fsp3) is 0.400. The highest BCUT2D eigenvalue weighted by Gasteiger charge is 2.43. The number of carbonyl (C=O) groups is 2. The van der Waals surface area contributed by atoms with E-state index < -0.39 is 0 Å². The summed E-state index contributed by atoms with van der Waals surface area (Å²) in [5, 5.41) is 0. The van der Waals surface area contributed by atoms with Crippen LogP contribution in [0.2, 0.25) is 0 Å². The van der Waals surface area contributed by atoms with Gasteiger partial charge in [-0.15, -0.1) is 0 Å². The van der Waals surface area contributed by atoms with Crippen molar-refractivity contribution in [2.24, 2.45) is 0 Å². The molecular weight excluding hydrogens is 318 g/mol. The van der Waals surface area contributed by atoms with Gasteiger partial charge in [-0.25, -0.2) is 9.59 Å². The van der Waals surface area contributed by atoms with Crippen LogP contribution in [0.25, 0.3) is 0 Å². The number of benzene rings is 1. The number of esters is 2. The summed E-state index contributed by atoms with van der Waals surface area (Å²) in [6.07, 6.45) is 5.18. The van der Waals surface area contributed by atoms with Crippen molar-refractivity contribution >= 4 is 11.9 Å². The van der Waals surface area contributed by atoms with Crippen LogP contribution in [-0.2, 0) is 25.6 Å². The Morgan fingerprint density at radius 2 is 2.04 bits per heavy atom. The minimum Gasteiger partial charge on any atom is -0.466 e. The number of rotatable bonds is 5. The van der Waals surface area contributed by atoms with Gasteiger partial charge < -0.3 is 9.47 Å². The number of nitrogens with zero attached hydrogens (tertiary/aromatic N) is 1. The van der Waals surface area contributed by atoms with E-state index in [2.05, 4.69) is 17.0 Å². The fourth-order valence-corrected chi connectivity index (χ4v) is 3.66. The average molecular weight is 341 g/mol. The van der Waals surface area contributed by atoms with Gasteiger partial charge in [-0.2, -0.15) is 0 Å². The molecule has 1 aromatic rings. The second-order valence-corrected chi connectivity index (χ2v) is 6.25. The molecule has 132 valence electrons. The standard InChI is InChI=1S/C20H23NO4/c1-3-25-18(22)11-15-9-10-16-12-17(20(23)24-2)19(15)21(16)13-14-7-5-4-6-8-14/h4-8,11-12,16,19H,3,9-10,13H2,1-2H3/b15-11-/t16-,19+/m0/s1. The fourth-order valence-electron chi connectivity index (χ4n) is 3.66. The van der Waals surface area contributed by atoms with Crippen molar-refractivity contribution in [3.8, 4) is 0 Å². The number of hydrogen-bond acceptors (Lipinski definition) is 5. The van der Waals surface area contributed by atoms with Crippen LogP contribution in [0.4, 0.5) is 0 Å². The Hall–Kier alpha value is -2.40. The maximum Gasteiger partial charge on any atom is 0.335 e. The van der Waals surface area contributed by atoms with Crippen LogP contribution < -0.4 is 0 Å². The Morgan fingerprint density at radius 3 is 2.72 bits per heavy atom. The average Bonchev–Trinajstić information content (AvgIpc) is 2.86. The van der Waals surface area contributed by atoms with E-state index in [1.165, 1.54) is 12.7 Å². The van der Waals surface area contributed by atoms with Gasteiger partial charge in [0.2, 0.25) is 0 Å². The molecule has 2 bridgehead atoms. The number of piperidine rings is 1. The molecule has 0 unspecified atom stereocenters. The van der Waals surface area contributed by atoms with Gasteiger partial charge in [0, 0.05) is 18.7 Å². The summed E-state index contributed by atoms with van der Waals surface area (Å²) in [7, 11) is 1.39. The number of hydrogen-bond donors (Lipinski definition) is 0. The van der Waals surface area contributed by atoms with Crippen LogP contribution in [0.15, 0.2) is 53.6 Å². The van der Waals surface area contributed by atoms with Crippen molar-refractivity contribution in [1.82, 2.24) is 4.90 Å². The summed E-state index contributed by atoms with van der Waals surface area (Å²) in [6, 6.07) is 10.1. The Labute approximate surface area is 147 Å². The topological polar surface area (TPSA) is 55.8 Å². The van der Waals surface area contributed by atoms with Gasteiger partial charge in [0.1, 0.15) is 0 Å². The first-order valence-electron chi connectivity index (χ1n) is 8.61. The first kappa shape index (κ1) is 17.4. The molecule has 2 aliphatic heterocycles. The first-order valence-corrected chi connectivity index (χ1v) is 8.61. The molecule has 5 nitrogen and oxygen atoms in total. The Kier molecular flexibility index (Phi) is 5.34. The molecule has 0 spiro atoms. The molecule has 1 fully saturated rings. The predicted octanol–water partition coefficient (Wildman–Crippen LogP) is 2.62. The van der Waals surface area contributed by atoms with Gasteiger partial charge in [0.25, 0.3) is 0 Å². The summed E-state index contributed by atoms with van der Waals surface area (Å²) < 4.78 is 10.0. The number of ether oxygens (including phenoxy) is 2. The third kappa shape index (κ3) is 3.66. The predicted molar refractivity (Wildman–Crippen MR) is 93.6 cm³/mol. The molecule has 2 aliphatic rings. The lowest BCUT2D eigenvalue weighted by atomic mass is 9.92. The molecule has 0 saturated carbocycles. The van der Waals surface area contributed by atoms with Crippen molar-refractivity contribution in [2.75, 3.05) is 13.7 Å². The van der Waals surface area contributed by atoms with Crippen LogP contribution in [0.3, 0.4) is 0 Å². The quantitative estimate of drug-likeness (QED) is 0.609. The molecule has 0 aromatic heterocycles. The largest absolute Gasteiger partial charge is 0.466 e. The van der Waals surface area contributed by atoms with Gasteiger partial charge in [-0.05, 0) is 30.9 Å². The van der Waals surface area contributed by atoms with E-state index in [0.717, 1.165) is 18.4 Å². The minimum atomic E-state index is -0.355. The highest BCUT2D eigenvalue weighted by Crippen LogP contribution is 2.40. The lowest BCUT2D eigenvalue weighted by Gasteiger charge is -2.37. The highest BCUT2D eigenvalue weighted by molar-refractivity contribution is 5.92. The molecule has 1 saturated heterocycles.